The van der Waals surface area contributed by atoms with E-state index in [1.54, 1.807) is 0 Å². The van der Waals surface area contributed by atoms with Gasteiger partial charge in [-0.3, -0.25) is 9.59 Å². The van der Waals surface area contributed by atoms with E-state index in [-0.39, 0.29) is 11.5 Å². The first-order chi connectivity index (χ1) is 12.7. The number of alkyl halides is 3. The van der Waals surface area contributed by atoms with Crippen LogP contribution in [0.25, 0.3) is 0 Å². The molecule has 2 aromatic carbocycles. The molecule has 0 unspecified atom stereocenters. The smallest absolute Gasteiger partial charge is 0.416 e. The van der Waals surface area contributed by atoms with Gasteiger partial charge in [-0.2, -0.15) is 13.2 Å². The molecule has 0 aliphatic carbocycles. The molecule has 2 aromatic rings. The number of amides is 2. The van der Waals surface area contributed by atoms with E-state index in [0.29, 0.717) is 11.3 Å². The van der Waals surface area contributed by atoms with Crippen LogP contribution in [0.2, 0.25) is 0 Å². The lowest BCUT2D eigenvalue weighted by Crippen LogP contribution is -2.21. The van der Waals surface area contributed by atoms with Crippen LogP contribution in [0.4, 0.5) is 18.9 Å². The maximum Gasteiger partial charge on any atom is 0.416 e. The summed E-state index contributed by atoms with van der Waals surface area (Å²) in [7, 11) is 1.49. The van der Waals surface area contributed by atoms with Gasteiger partial charge in [-0.05, 0) is 48.5 Å². The van der Waals surface area contributed by atoms with Crippen LogP contribution < -0.4 is 10.6 Å². The molecule has 0 spiro atoms. The minimum atomic E-state index is -4.50. The van der Waals surface area contributed by atoms with Crippen LogP contribution in [-0.4, -0.2) is 31.4 Å². The number of halogens is 3. The van der Waals surface area contributed by atoms with Crippen molar-refractivity contribution in [2.45, 2.75) is 6.18 Å². The molecule has 0 aliphatic rings. The number of anilines is 1. The van der Waals surface area contributed by atoms with E-state index < -0.39 is 30.2 Å². The molecule has 9 heteroatoms. The van der Waals surface area contributed by atoms with E-state index in [4.69, 9.17) is 4.74 Å². The largest absolute Gasteiger partial charge is 0.452 e. The van der Waals surface area contributed by atoms with Crippen molar-refractivity contribution in [3.05, 3.63) is 65.2 Å². The molecule has 6 nitrogen and oxygen atoms in total. The van der Waals surface area contributed by atoms with Crippen molar-refractivity contribution >= 4 is 23.5 Å². The standard InChI is InChI=1S/C18H15F3N2O4/c1-22-16(25)11-4-8-14(9-5-11)23-15(24)10-27-17(26)12-2-6-13(7-3-12)18(19,20)21/h2-9H,10H2,1H3,(H,22,25)(H,23,24). The van der Waals surface area contributed by atoms with Crippen molar-refractivity contribution in [1.82, 2.24) is 5.32 Å². The first kappa shape index (κ1) is 20.0. The fourth-order valence-corrected chi connectivity index (χ4v) is 2.06. The average molecular weight is 380 g/mol. The zero-order valence-electron chi connectivity index (χ0n) is 14.1. The molecule has 0 radical (unpaired) electrons. The number of benzene rings is 2. The summed E-state index contributed by atoms with van der Waals surface area (Å²) in [5, 5.41) is 4.92. The maximum absolute atomic E-state index is 12.5. The summed E-state index contributed by atoms with van der Waals surface area (Å²) in [5.41, 5.74) is -0.204. The third kappa shape index (κ3) is 5.56. The Morgan fingerprint density at radius 2 is 1.48 bits per heavy atom. The molecule has 0 fully saturated rings. The third-order valence-corrected chi connectivity index (χ3v) is 3.44. The molecule has 142 valence electrons. The summed E-state index contributed by atoms with van der Waals surface area (Å²) in [6.45, 7) is -0.614. The van der Waals surface area contributed by atoms with Gasteiger partial charge in [0.05, 0.1) is 11.1 Å². The highest BCUT2D eigenvalue weighted by molar-refractivity contribution is 5.97. The van der Waals surface area contributed by atoms with Gasteiger partial charge in [-0.15, -0.1) is 0 Å². The van der Waals surface area contributed by atoms with Crippen LogP contribution in [0.5, 0.6) is 0 Å². The Bertz CT molecular complexity index is 831. The highest BCUT2D eigenvalue weighted by Crippen LogP contribution is 2.29. The second kappa shape index (κ2) is 8.35. The molecule has 0 saturated heterocycles. The normalized spacial score (nSPS) is 10.8. The molecular weight excluding hydrogens is 365 g/mol. The van der Waals surface area contributed by atoms with Crippen molar-refractivity contribution in [2.24, 2.45) is 0 Å². The van der Waals surface area contributed by atoms with Crippen LogP contribution in [0.3, 0.4) is 0 Å². The summed E-state index contributed by atoms with van der Waals surface area (Å²) in [6.07, 6.45) is -4.50. The fourth-order valence-electron chi connectivity index (χ4n) is 2.06. The minimum Gasteiger partial charge on any atom is -0.452 e. The molecule has 2 rings (SSSR count). The van der Waals surface area contributed by atoms with Gasteiger partial charge in [-0.25, -0.2) is 4.79 Å². The molecule has 0 aromatic heterocycles. The number of hydrogen-bond donors (Lipinski definition) is 2. The van der Waals surface area contributed by atoms with Gasteiger partial charge in [0.1, 0.15) is 0 Å². The number of carbonyl (C=O) groups excluding carboxylic acids is 3. The highest BCUT2D eigenvalue weighted by atomic mass is 19.4. The second-order valence-electron chi connectivity index (χ2n) is 5.36. The molecule has 0 bridgehead atoms. The Morgan fingerprint density at radius 1 is 0.926 bits per heavy atom. The van der Waals surface area contributed by atoms with Gasteiger partial charge in [0.15, 0.2) is 6.61 Å². The van der Waals surface area contributed by atoms with E-state index in [2.05, 4.69) is 10.6 Å². The minimum absolute atomic E-state index is 0.106. The van der Waals surface area contributed by atoms with E-state index in [9.17, 15) is 27.6 Å². The number of ether oxygens (including phenoxy) is 1. The van der Waals surface area contributed by atoms with Crippen molar-refractivity contribution in [1.29, 1.82) is 0 Å². The van der Waals surface area contributed by atoms with Crippen molar-refractivity contribution in [3.63, 3.8) is 0 Å². The zero-order chi connectivity index (χ0) is 20.0. The Labute approximate surface area is 152 Å². The topological polar surface area (TPSA) is 84.5 Å². The van der Waals surface area contributed by atoms with Gasteiger partial charge >= 0.3 is 12.1 Å². The lowest BCUT2D eigenvalue weighted by molar-refractivity contribution is -0.137. The van der Waals surface area contributed by atoms with Crippen LogP contribution in [0, 0.1) is 0 Å². The Balaban J connectivity index is 1.87. The molecule has 0 heterocycles. The van der Waals surface area contributed by atoms with E-state index >= 15 is 0 Å². The molecule has 27 heavy (non-hydrogen) atoms. The monoisotopic (exact) mass is 380 g/mol. The summed E-state index contributed by atoms with van der Waals surface area (Å²) in [5.74, 6) is -1.84. The van der Waals surface area contributed by atoms with E-state index in [0.717, 1.165) is 24.3 Å². The van der Waals surface area contributed by atoms with Gasteiger partial charge in [-0.1, -0.05) is 0 Å². The first-order valence-corrected chi connectivity index (χ1v) is 7.67. The van der Waals surface area contributed by atoms with Gasteiger partial charge in [0, 0.05) is 18.3 Å². The van der Waals surface area contributed by atoms with E-state index in [1.165, 1.54) is 31.3 Å². The molecule has 0 atom stereocenters. The fraction of sp³-hybridized carbons (Fsp3) is 0.167. The lowest BCUT2D eigenvalue weighted by atomic mass is 10.1. The first-order valence-electron chi connectivity index (χ1n) is 7.67. The van der Waals surface area contributed by atoms with Crippen LogP contribution >= 0.6 is 0 Å². The van der Waals surface area contributed by atoms with Crippen molar-refractivity contribution in [3.8, 4) is 0 Å². The molecular formula is C18H15F3N2O4. The SMILES string of the molecule is CNC(=O)c1ccc(NC(=O)COC(=O)c2ccc(C(F)(F)F)cc2)cc1. The predicted octanol–water partition coefficient (Wildman–Crippen LogP) is 2.86. The summed E-state index contributed by atoms with van der Waals surface area (Å²) in [4.78, 5) is 35.0. The predicted molar refractivity (Wildman–Crippen MR) is 90.2 cm³/mol. The van der Waals surface area contributed by atoms with Crippen molar-refractivity contribution in [2.75, 3.05) is 19.0 Å². The van der Waals surface area contributed by atoms with Gasteiger partial charge in [0.2, 0.25) is 0 Å². The molecule has 2 amide bonds. The Morgan fingerprint density at radius 3 is 2.00 bits per heavy atom. The van der Waals surface area contributed by atoms with Gasteiger partial charge in [0.25, 0.3) is 11.8 Å². The number of carbonyl (C=O) groups is 3. The van der Waals surface area contributed by atoms with Gasteiger partial charge < -0.3 is 15.4 Å². The van der Waals surface area contributed by atoms with E-state index in [1.807, 2.05) is 0 Å². The summed E-state index contributed by atoms with van der Waals surface area (Å²) in [6, 6.07) is 9.46. The highest BCUT2D eigenvalue weighted by Gasteiger charge is 2.30. The summed E-state index contributed by atoms with van der Waals surface area (Å²) < 4.78 is 42.2. The lowest BCUT2D eigenvalue weighted by Gasteiger charge is -2.09. The third-order valence-electron chi connectivity index (χ3n) is 3.44. The zero-order valence-corrected chi connectivity index (χ0v) is 14.1. The number of hydrogen-bond acceptors (Lipinski definition) is 4. The summed E-state index contributed by atoms with van der Waals surface area (Å²) >= 11 is 0. The Kier molecular flexibility index (Phi) is 6.17. The molecule has 2 N–H and O–H groups in total. The Hall–Kier alpha value is -3.36. The molecule has 0 aliphatic heterocycles. The quantitative estimate of drug-likeness (QED) is 0.782. The van der Waals surface area contributed by atoms with Crippen LogP contribution in [0.1, 0.15) is 26.3 Å². The number of rotatable bonds is 5. The number of nitrogens with one attached hydrogen (secondary N) is 2. The maximum atomic E-state index is 12.5. The van der Waals surface area contributed by atoms with Crippen LogP contribution in [-0.2, 0) is 15.7 Å². The van der Waals surface area contributed by atoms with Crippen LogP contribution in [0.15, 0.2) is 48.5 Å². The second-order valence-corrected chi connectivity index (χ2v) is 5.36. The van der Waals surface area contributed by atoms with Crippen molar-refractivity contribution < 1.29 is 32.3 Å². The average Bonchev–Trinajstić information content (AvgIpc) is 2.65. The number of esters is 1. The molecule has 0 saturated carbocycles.